The van der Waals surface area contributed by atoms with E-state index in [9.17, 15) is 4.79 Å². The molecule has 7 nitrogen and oxygen atoms in total. The summed E-state index contributed by atoms with van der Waals surface area (Å²) in [5.41, 5.74) is 3.87. The van der Waals surface area contributed by atoms with Gasteiger partial charge in [0.25, 0.3) is 0 Å². The van der Waals surface area contributed by atoms with Crippen LogP contribution in [-0.2, 0) is 11.2 Å². The molecule has 0 fully saturated rings. The van der Waals surface area contributed by atoms with Crippen molar-refractivity contribution in [3.05, 3.63) is 47.8 Å². The van der Waals surface area contributed by atoms with Crippen molar-refractivity contribution >= 4 is 34.0 Å². The van der Waals surface area contributed by atoms with Crippen LogP contribution in [-0.4, -0.2) is 33.9 Å². The molecule has 146 valence electrons. The quantitative estimate of drug-likeness (QED) is 0.537. The standard InChI is InChI=1S/C20H24N6OS/c1-4-21-20-24-13(2)18(28-20)17-10-12-23-19(26-17)25-16-7-5-15(6-8-16)9-11-22-14(3)27/h5-8,10,12H,4,9,11H2,1-3H3,(H,21,24)(H,22,27)(H,23,25,26). The third kappa shape index (κ3) is 5.26. The number of hydrogen-bond acceptors (Lipinski definition) is 7. The number of carbonyl (C=O) groups is 1. The normalized spacial score (nSPS) is 10.5. The minimum Gasteiger partial charge on any atom is -0.362 e. The molecule has 0 radical (unpaired) electrons. The number of aryl methyl sites for hydroxylation is 1. The van der Waals surface area contributed by atoms with E-state index in [0.717, 1.165) is 45.6 Å². The molecule has 2 aromatic heterocycles. The van der Waals surface area contributed by atoms with E-state index in [1.807, 2.05) is 44.2 Å². The fourth-order valence-corrected chi connectivity index (χ4v) is 3.68. The van der Waals surface area contributed by atoms with Crippen LogP contribution in [0.15, 0.2) is 36.5 Å². The summed E-state index contributed by atoms with van der Waals surface area (Å²) in [6.07, 6.45) is 2.54. The topological polar surface area (TPSA) is 91.8 Å². The summed E-state index contributed by atoms with van der Waals surface area (Å²) in [5.74, 6) is 0.533. The van der Waals surface area contributed by atoms with Gasteiger partial charge in [-0.2, -0.15) is 0 Å². The van der Waals surface area contributed by atoms with Crippen LogP contribution in [0.25, 0.3) is 10.6 Å². The molecule has 1 aromatic carbocycles. The van der Waals surface area contributed by atoms with E-state index in [1.165, 1.54) is 6.92 Å². The van der Waals surface area contributed by atoms with E-state index >= 15 is 0 Å². The zero-order valence-corrected chi connectivity index (χ0v) is 17.1. The molecule has 0 atom stereocenters. The van der Waals surface area contributed by atoms with Gasteiger partial charge in [0, 0.05) is 31.9 Å². The number of benzene rings is 1. The molecule has 0 saturated heterocycles. The van der Waals surface area contributed by atoms with Gasteiger partial charge in [0.05, 0.1) is 16.3 Å². The molecule has 3 aromatic rings. The van der Waals surface area contributed by atoms with Gasteiger partial charge in [-0.15, -0.1) is 0 Å². The van der Waals surface area contributed by atoms with Crippen molar-refractivity contribution in [1.29, 1.82) is 0 Å². The SMILES string of the molecule is CCNc1nc(C)c(-c2ccnc(Nc3ccc(CCNC(C)=O)cc3)n2)s1. The van der Waals surface area contributed by atoms with Gasteiger partial charge in [-0.1, -0.05) is 23.5 Å². The molecule has 1 amide bonds. The Morgan fingerprint density at radius 2 is 1.93 bits per heavy atom. The zero-order valence-electron chi connectivity index (χ0n) is 16.2. The van der Waals surface area contributed by atoms with E-state index in [2.05, 4.69) is 30.9 Å². The van der Waals surface area contributed by atoms with Gasteiger partial charge in [0.2, 0.25) is 11.9 Å². The number of amides is 1. The van der Waals surface area contributed by atoms with Gasteiger partial charge in [-0.05, 0) is 44.0 Å². The molecular weight excluding hydrogens is 372 g/mol. The Morgan fingerprint density at radius 1 is 1.14 bits per heavy atom. The van der Waals surface area contributed by atoms with E-state index in [1.54, 1.807) is 17.5 Å². The Morgan fingerprint density at radius 3 is 2.64 bits per heavy atom. The summed E-state index contributed by atoms with van der Waals surface area (Å²) in [6, 6.07) is 9.93. The number of thiazole rings is 1. The van der Waals surface area contributed by atoms with Crippen LogP contribution in [0.5, 0.6) is 0 Å². The van der Waals surface area contributed by atoms with Crippen molar-refractivity contribution in [2.24, 2.45) is 0 Å². The number of hydrogen-bond donors (Lipinski definition) is 3. The van der Waals surface area contributed by atoms with E-state index < -0.39 is 0 Å². The van der Waals surface area contributed by atoms with Crippen LogP contribution in [0.2, 0.25) is 0 Å². The highest BCUT2D eigenvalue weighted by atomic mass is 32.1. The van der Waals surface area contributed by atoms with Crippen LogP contribution in [0.1, 0.15) is 25.1 Å². The molecule has 28 heavy (non-hydrogen) atoms. The van der Waals surface area contributed by atoms with E-state index in [0.29, 0.717) is 12.5 Å². The highest BCUT2D eigenvalue weighted by Crippen LogP contribution is 2.31. The maximum Gasteiger partial charge on any atom is 0.227 e. The first-order valence-electron chi connectivity index (χ1n) is 9.20. The highest BCUT2D eigenvalue weighted by Gasteiger charge is 2.11. The lowest BCUT2D eigenvalue weighted by Gasteiger charge is -2.08. The Labute approximate surface area is 168 Å². The van der Waals surface area contributed by atoms with Crippen LogP contribution in [0, 0.1) is 6.92 Å². The van der Waals surface area contributed by atoms with Crippen LogP contribution in [0.4, 0.5) is 16.8 Å². The van der Waals surface area contributed by atoms with Gasteiger partial charge < -0.3 is 16.0 Å². The number of anilines is 3. The van der Waals surface area contributed by atoms with Crippen LogP contribution < -0.4 is 16.0 Å². The molecule has 0 aliphatic rings. The van der Waals surface area contributed by atoms with Gasteiger partial charge in [-0.3, -0.25) is 4.79 Å². The summed E-state index contributed by atoms with van der Waals surface area (Å²) in [5, 5.41) is 10.2. The molecule has 0 saturated carbocycles. The lowest BCUT2D eigenvalue weighted by atomic mass is 10.1. The minimum atomic E-state index is -0.0101. The molecular formula is C20H24N6OS. The first kappa shape index (κ1) is 19.8. The minimum absolute atomic E-state index is 0.0101. The highest BCUT2D eigenvalue weighted by molar-refractivity contribution is 7.19. The average Bonchev–Trinajstić information content (AvgIpc) is 3.04. The summed E-state index contributed by atoms with van der Waals surface area (Å²) in [7, 11) is 0. The van der Waals surface area contributed by atoms with Crippen molar-refractivity contribution in [3.63, 3.8) is 0 Å². The molecule has 2 heterocycles. The number of rotatable bonds is 8. The number of nitrogens with one attached hydrogen (secondary N) is 3. The predicted octanol–water partition coefficient (Wildman–Crippen LogP) is 3.76. The van der Waals surface area contributed by atoms with E-state index in [4.69, 9.17) is 0 Å². The Kier molecular flexibility index (Phi) is 6.54. The molecule has 3 rings (SSSR count). The second-order valence-electron chi connectivity index (χ2n) is 6.28. The van der Waals surface area contributed by atoms with E-state index in [-0.39, 0.29) is 5.91 Å². The fourth-order valence-electron chi connectivity index (χ4n) is 2.67. The molecule has 0 bridgehead atoms. The second-order valence-corrected chi connectivity index (χ2v) is 7.28. The van der Waals surface area contributed by atoms with Crippen molar-refractivity contribution < 1.29 is 4.79 Å². The molecule has 3 N–H and O–H groups in total. The molecule has 0 aliphatic heterocycles. The second kappa shape index (κ2) is 9.27. The maximum absolute atomic E-state index is 10.9. The van der Waals surface area contributed by atoms with Crippen molar-refractivity contribution in [2.45, 2.75) is 27.2 Å². The maximum atomic E-state index is 10.9. The summed E-state index contributed by atoms with van der Waals surface area (Å²) in [6.45, 7) is 7.03. The average molecular weight is 397 g/mol. The zero-order chi connectivity index (χ0) is 19.9. The Hall–Kier alpha value is -3.00. The third-order valence-electron chi connectivity index (χ3n) is 4.01. The van der Waals surface area contributed by atoms with Gasteiger partial charge in [0.1, 0.15) is 0 Å². The predicted molar refractivity (Wildman–Crippen MR) is 114 cm³/mol. The summed E-state index contributed by atoms with van der Waals surface area (Å²) < 4.78 is 0. The Balaban J connectivity index is 1.68. The third-order valence-corrected chi connectivity index (χ3v) is 5.15. The van der Waals surface area contributed by atoms with Crippen molar-refractivity contribution in [3.8, 4) is 10.6 Å². The molecule has 0 spiro atoms. The monoisotopic (exact) mass is 396 g/mol. The molecule has 8 heteroatoms. The lowest BCUT2D eigenvalue weighted by Crippen LogP contribution is -2.22. The van der Waals surface area contributed by atoms with Gasteiger partial charge in [0.15, 0.2) is 5.13 Å². The summed E-state index contributed by atoms with van der Waals surface area (Å²) in [4.78, 5) is 25.5. The van der Waals surface area contributed by atoms with Gasteiger partial charge >= 0.3 is 0 Å². The van der Waals surface area contributed by atoms with Crippen LogP contribution in [0.3, 0.4) is 0 Å². The summed E-state index contributed by atoms with van der Waals surface area (Å²) >= 11 is 1.59. The Bertz CT molecular complexity index is 938. The van der Waals surface area contributed by atoms with Crippen LogP contribution >= 0.6 is 11.3 Å². The first-order valence-corrected chi connectivity index (χ1v) is 10.0. The fraction of sp³-hybridized carbons (Fsp3) is 0.300. The first-order chi connectivity index (χ1) is 13.5. The number of nitrogens with zero attached hydrogens (tertiary/aromatic N) is 3. The molecule has 0 aliphatic carbocycles. The largest absolute Gasteiger partial charge is 0.362 e. The number of aromatic nitrogens is 3. The van der Waals surface area contributed by atoms with Crippen molar-refractivity contribution in [1.82, 2.24) is 20.3 Å². The van der Waals surface area contributed by atoms with Crippen molar-refractivity contribution in [2.75, 3.05) is 23.7 Å². The lowest BCUT2D eigenvalue weighted by molar-refractivity contribution is -0.118. The van der Waals surface area contributed by atoms with Gasteiger partial charge in [-0.25, -0.2) is 15.0 Å². The smallest absolute Gasteiger partial charge is 0.227 e. The molecule has 0 unspecified atom stereocenters. The number of carbonyl (C=O) groups excluding carboxylic acids is 1.